The first kappa shape index (κ1) is 12.1. The van der Waals surface area contributed by atoms with E-state index in [1.807, 2.05) is 36.1 Å². The summed E-state index contributed by atoms with van der Waals surface area (Å²) in [5.41, 5.74) is 1.91. The van der Waals surface area contributed by atoms with E-state index in [9.17, 15) is 4.79 Å². The van der Waals surface area contributed by atoms with E-state index in [-0.39, 0.29) is 18.4 Å². The van der Waals surface area contributed by atoms with Crippen molar-refractivity contribution in [1.29, 1.82) is 0 Å². The molecule has 2 rings (SSSR count). The Balaban J connectivity index is 2.06. The molecule has 1 amide bonds. The number of piperidine rings is 1. The molecule has 1 aromatic carbocycles. The lowest BCUT2D eigenvalue weighted by molar-refractivity contribution is 0.0620. The molecule has 1 saturated heterocycles. The maximum Gasteiger partial charge on any atom is 0.253 e. The number of carbonyl (C=O) groups excluding carboxylic acids is 1. The van der Waals surface area contributed by atoms with Gasteiger partial charge >= 0.3 is 0 Å². The molecular weight excluding hydrogens is 214 g/mol. The van der Waals surface area contributed by atoms with E-state index in [2.05, 4.69) is 0 Å². The van der Waals surface area contributed by atoms with Gasteiger partial charge in [-0.3, -0.25) is 4.79 Å². The van der Waals surface area contributed by atoms with Crippen molar-refractivity contribution >= 4 is 5.91 Å². The highest BCUT2D eigenvalue weighted by Gasteiger charge is 2.23. The van der Waals surface area contributed by atoms with Crippen LogP contribution in [0.3, 0.4) is 0 Å². The molecule has 0 saturated carbocycles. The van der Waals surface area contributed by atoms with Crippen molar-refractivity contribution in [2.45, 2.75) is 19.8 Å². The van der Waals surface area contributed by atoms with Crippen LogP contribution in [0.5, 0.6) is 0 Å². The summed E-state index contributed by atoms with van der Waals surface area (Å²) in [6, 6.07) is 7.67. The van der Waals surface area contributed by atoms with Gasteiger partial charge in [-0.25, -0.2) is 0 Å². The van der Waals surface area contributed by atoms with Gasteiger partial charge in [0.1, 0.15) is 0 Å². The zero-order valence-electron chi connectivity index (χ0n) is 10.2. The first-order valence-electron chi connectivity index (χ1n) is 6.17. The van der Waals surface area contributed by atoms with Gasteiger partial charge in [-0.15, -0.1) is 0 Å². The summed E-state index contributed by atoms with van der Waals surface area (Å²) < 4.78 is 0. The van der Waals surface area contributed by atoms with Crippen molar-refractivity contribution in [1.82, 2.24) is 4.90 Å². The third-order valence-corrected chi connectivity index (χ3v) is 3.36. The highest BCUT2D eigenvalue weighted by molar-refractivity contribution is 5.94. The number of amides is 1. The van der Waals surface area contributed by atoms with E-state index in [0.29, 0.717) is 6.54 Å². The molecule has 1 aliphatic rings. The molecule has 1 atom stereocenters. The van der Waals surface area contributed by atoms with Crippen LogP contribution in [0.2, 0.25) is 0 Å². The molecular formula is C14H19NO2. The van der Waals surface area contributed by atoms with Crippen molar-refractivity contribution in [2.24, 2.45) is 5.92 Å². The van der Waals surface area contributed by atoms with Gasteiger partial charge in [0.2, 0.25) is 0 Å². The maximum atomic E-state index is 12.2. The molecule has 0 aliphatic carbocycles. The van der Waals surface area contributed by atoms with E-state index in [4.69, 9.17) is 5.11 Å². The normalized spacial score (nSPS) is 20.4. The highest BCUT2D eigenvalue weighted by Crippen LogP contribution is 2.18. The van der Waals surface area contributed by atoms with Crippen LogP contribution in [-0.4, -0.2) is 35.6 Å². The van der Waals surface area contributed by atoms with Crippen molar-refractivity contribution in [3.8, 4) is 0 Å². The summed E-state index contributed by atoms with van der Waals surface area (Å²) in [7, 11) is 0. The predicted octanol–water partition coefficient (Wildman–Crippen LogP) is 1.84. The first-order chi connectivity index (χ1) is 8.20. The number of carbonyl (C=O) groups is 1. The average molecular weight is 233 g/mol. The topological polar surface area (TPSA) is 40.5 Å². The lowest BCUT2D eigenvalue weighted by atomic mass is 9.98. The van der Waals surface area contributed by atoms with E-state index in [1.165, 1.54) is 0 Å². The molecule has 92 valence electrons. The summed E-state index contributed by atoms with van der Waals surface area (Å²) in [6.07, 6.45) is 2.01. The number of hydrogen-bond acceptors (Lipinski definition) is 2. The fourth-order valence-electron chi connectivity index (χ4n) is 2.28. The number of rotatable bonds is 2. The Morgan fingerprint density at radius 1 is 1.41 bits per heavy atom. The molecule has 1 aliphatic heterocycles. The summed E-state index contributed by atoms with van der Waals surface area (Å²) in [5.74, 6) is 0.335. The van der Waals surface area contributed by atoms with Crippen LogP contribution in [-0.2, 0) is 0 Å². The molecule has 0 spiro atoms. The Hall–Kier alpha value is -1.35. The third-order valence-electron chi connectivity index (χ3n) is 3.36. The summed E-state index contributed by atoms with van der Waals surface area (Å²) in [4.78, 5) is 14.1. The zero-order valence-corrected chi connectivity index (χ0v) is 10.2. The van der Waals surface area contributed by atoms with Gasteiger partial charge in [-0.2, -0.15) is 0 Å². The number of nitrogens with zero attached hydrogens (tertiary/aromatic N) is 1. The Bertz CT molecular complexity index is 386. The van der Waals surface area contributed by atoms with Crippen LogP contribution in [0.4, 0.5) is 0 Å². The Morgan fingerprint density at radius 2 is 2.12 bits per heavy atom. The molecule has 1 heterocycles. The van der Waals surface area contributed by atoms with Crippen molar-refractivity contribution in [3.05, 3.63) is 35.4 Å². The maximum absolute atomic E-state index is 12.2. The minimum atomic E-state index is 0.0863. The quantitative estimate of drug-likeness (QED) is 0.846. The number of likely N-dealkylation sites (tertiary alicyclic amines) is 1. The van der Waals surface area contributed by atoms with Gasteiger partial charge in [0, 0.05) is 25.3 Å². The lowest BCUT2D eigenvalue weighted by Crippen LogP contribution is -2.40. The number of benzene rings is 1. The fourth-order valence-corrected chi connectivity index (χ4v) is 2.28. The van der Waals surface area contributed by atoms with Gasteiger partial charge < -0.3 is 10.0 Å². The van der Waals surface area contributed by atoms with Gasteiger partial charge in [0.25, 0.3) is 5.91 Å². The Kier molecular flexibility index (Phi) is 3.79. The molecule has 0 bridgehead atoms. The summed E-state index contributed by atoms with van der Waals surface area (Å²) >= 11 is 0. The minimum Gasteiger partial charge on any atom is -0.396 e. The van der Waals surface area contributed by atoms with Crippen LogP contribution in [0.15, 0.2) is 24.3 Å². The minimum absolute atomic E-state index is 0.0863. The lowest BCUT2D eigenvalue weighted by Gasteiger charge is -2.31. The van der Waals surface area contributed by atoms with Gasteiger partial charge in [0.15, 0.2) is 0 Å². The van der Waals surface area contributed by atoms with Gasteiger partial charge in [0.05, 0.1) is 0 Å². The zero-order chi connectivity index (χ0) is 12.3. The number of aryl methyl sites for hydroxylation is 1. The van der Waals surface area contributed by atoms with Crippen LogP contribution in [0.1, 0.15) is 28.8 Å². The summed E-state index contributed by atoms with van der Waals surface area (Å²) in [5, 5.41) is 9.16. The molecule has 1 aromatic rings. The standard InChI is InChI=1S/C14H19NO2/c1-11-4-6-13(7-5-11)14(17)15-8-2-3-12(9-15)10-16/h4-7,12,16H,2-3,8-10H2,1H3/t12-/m1/s1. The SMILES string of the molecule is Cc1ccc(C(=O)N2CCC[C@@H](CO)C2)cc1. The van der Waals surface area contributed by atoms with E-state index in [0.717, 1.165) is 30.5 Å². The van der Waals surface area contributed by atoms with E-state index < -0.39 is 0 Å². The molecule has 0 aromatic heterocycles. The second kappa shape index (κ2) is 5.32. The Labute approximate surface area is 102 Å². The average Bonchev–Trinajstić information content (AvgIpc) is 2.39. The number of aliphatic hydroxyl groups is 1. The Morgan fingerprint density at radius 3 is 2.76 bits per heavy atom. The first-order valence-corrected chi connectivity index (χ1v) is 6.17. The second-order valence-corrected chi connectivity index (χ2v) is 4.81. The van der Waals surface area contributed by atoms with Crippen molar-refractivity contribution in [2.75, 3.05) is 19.7 Å². The monoisotopic (exact) mass is 233 g/mol. The third kappa shape index (κ3) is 2.86. The largest absolute Gasteiger partial charge is 0.396 e. The van der Waals surface area contributed by atoms with E-state index in [1.54, 1.807) is 0 Å². The van der Waals surface area contributed by atoms with Crippen LogP contribution in [0.25, 0.3) is 0 Å². The van der Waals surface area contributed by atoms with Gasteiger partial charge in [-0.05, 0) is 37.8 Å². The predicted molar refractivity (Wildman–Crippen MR) is 66.9 cm³/mol. The molecule has 0 unspecified atom stereocenters. The van der Waals surface area contributed by atoms with Crippen LogP contribution < -0.4 is 0 Å². The number of aliphatic hydroxyl groups excluding tert-OH is 1. The fraction of sp³-hybridized carbons (Fsp3) is 0.500. The molecule has 3 nitrogen and oxygen atoms in total. The highest BCUT2D eigenvalue weighted by atomic mass is 16.3. The van der Waals surface area contributed by atoms with E-state index >= 15 is 0 Å². The second-order valence-electron chi connectivity index (χ2n) is 4.81. The summed E-state index contributed by atoms with van der Waals surface area (Å²) in [6.45, 7) is 3.68. The molecule has 1 fully saturated rings. The molecule has 3 heteroatoms. The molecule has 1 N–H and O–H groups in total. The van der Waals surface area contributed by atoms with Crippen molar-refractivity contribution in [3.63, 3.8) is 0 Å². The van der Waals surface area contributed by atoms with Crippen LogP contribution in [0, 0.1) is 12.8 Å². The molecule has 0 radical (unpaired) electrons. The molecule has 17 heavy (non-hydrogen) atoms. The van der Waals surface area contributed by atoms with Crippen molar-refractivity contribution < 1.29 is 9.90 Å². The number of hydrogen-bond donors (Lipinski definition) is 1. The van der Waals surface area contributed by atoms with Gasteiger partial charge in [-0.1, -0.05) is 17.7 Å². The van der Waals surface area contributed by atoms with Crippen LogP contribution >= 0.6 is 0 Å². The smallest absolute Gasteiger partial charge is 0.253 e.